The van der Waals surface area contributed by atoms with Crippen LogP contribution in [-0.2, 0) is 6.61 Å². The minimum Gasteiger partial charge on any atom is -0.489 e. The molecule has 2 aromatic rings. The van der Waals surface area contributed by atoms with Gasteiger partial charge in [-0.1, -0.05) is 43.7 Å². The Kier molecular flexibility index (Phi) is 5.02. The number of nitrogens with two attached hydrogens (primary N) is 2. The molecule has 106 valence electrons. The predicted molar refractivity (Wildman–Crippen MR) is 83.5 cm³/mol. The van der Waals surface area contributed by atoms with Gasteiger partial charge in [-0.15, -0.1) is 0 Å². The van der Waals surface area contributed by atoms with E-state index in [4.69, 9.17) is 16.2 Å². The van der Waals surface area contributed by atoms with Crippen LogP contribution in [0.1, 0.15) is 36.9 Å². The first-order chi connectivity index (χ1) is 9.70. The van der Waals surface area contributed by atoms with Crippen molar-refractivity contribution in [2.24, 2.45) is 5.73 Å². The molecule has 0 radical (unpaired) electrons. The van der Waals surface area contributed by atoms with E-state index in [1.807, 2.05) is 48.5 Å². The fourth-order valence-corrected chi connectivity index (χ4v) is 2.17. The summed E-state index contributed by atoms with van der Waals surface area (Å²) in [7, 11) is 0. The van der Waals surface area contributed by atoms with Crippen molar-refractivity contribution in [3.8, 4) is 5.75 Å². The molecule has 4 N–H and O–H groups in total. The monoisotopic (exact) mass is 270 g/mol. The summed E-state index contributed by atoms with van der Waals surface area (Å²) < 4.78 is 5.80. The van der Waals surface area contributed by atoms with Gasteiger partial charge in [0, 0.05) is 11.7 Å². The van der Waals surface area contributed by atoms with E-state index in [0.29, 0.717) is 6.61 Å². The van der Waals surface area contributed by atoms with Crippen molar-refractivity contribution < 1.29 is 4.74 Å². The fourth-order valence-electron chi connectivity index (χ4n) is 2.17. The maximum absolute atomic E-state index is 6.15. The molecule has 0 aromatic heterocycles. The second kappa shape index (κ2) is 6.96. The topological polar surface area (TPSA) is 61.3 Å². The van der Waals surface area contributed by atoms with Gasteiger partial charge in [0.2, 0.25) is 0 Å². The molecule has 1 atom stereocenters. The molecule has 20 heavy (non-hydrogen) atoms. The lowest BCUT2D eigenvalue weighted by molar-refractivity contribution is 0.305. The molecule has 3 nitrogen and oxygen atoms in total. The van der Waals surface area contributed by atoms with Gasteiger partial charge >= 0.3 is 0 Å². The summed E-state index contributed by atoms with van der Waals surface area (Å²) in [6.07, 6.45) is 1.96. The summed E-state index contributed by atoms with van der Waals surface area (Å²) in [5.74, 6) is 0.810. The molecule has 0 fully saturated rings. The minimum atomic E-state index is -0.0275. The van der Waals surface area contributed by atoms with E-state index in [0.717, 1.165) is 35.4 Å². The van der Waals surface area contributed by atoms with Gasteiger partial charge in [0.05, 0.1) is 0 Å². The zero-order valence-electron chi connectivity index (χ0n) is 11.9. The molecular formula is C17H22N2O. The Morgan fingerprint density at radius 3 is 2.55 bits per heavy atom. The molecule has 2 rings (SSSR count). The lowest BCUT2D eigenvalue weighted by Gasteiger charge is -2.15. The Morgan fingerprint density at radius 1 is 1.10 bits per heavy atom. The maximum Gasteiger partial charge on any atom is 0.120 e. The zero-order valence-corrected chi connectivity index (χ0v) is 11.9. The highest BCUT2D eigenvalue weighted by Gasteiger charge is 2.10. The first-order valence-electron chi connectivity index (χ1n) is 7.02. The van der Waals surface area contributed by atoms with Crippen LogP contribution in [0.5, 0.6) is 5.75 Å². The van der Waals surface area contributed by atoms with Gasteiger partial charge < -0.3 is 16.2 Å². The highest BCUT2D eigenvalue weighted by Crippen LogP contribution is 2.27. The maximum atomic E-state index is 6.15. The third-order valence-corrected chi connectivity index (χ3v) is 3.31. The Hall–Kier alpha value is -2.00. The van der Waals surface area contributed by atoms with Crippen molar-refractivity contribution in [3.63, 3.8) is 0 Å². The average molecular weight is 270 g/mol. The Bertz CT molecular complexity index is 540. The van der Waals surface area contributed by atoms with Crippen LogP contribution in [-0.4, -0.2) is 0 Å². The van der Waals surface area contributed by atoms with Gasteiger partial charge in [-0.2, -0.15) is 0 Å². The average Bonchev–Trinajstić information content (AvgIpc) is 2.47. The quantitative estimate of drug-likeness (QED) is 0.788. The smallest absolute Gasteiger partial charge is 0.120 e. The third-order valence-electron chi connectivity index (χ3n) is 3.31. The number of ether oxygens (including phenoxy) is 1. The second-order valence-corrected chi connectivity index (χ2v) is 4.96. The molecule has 0 saturated heterocycles. The molecule has 2 aromatic carbocycles. The third kappa shape index (κ3) is 3.75. The van der Waals surface area contributed by atoms with Crippen molar-refractivity contribution in [2.45, 2.75) is 32.4 Å². The summed E-state index contributed by atoms with van der Waals surface area (Å²) in [5, 5.41) is 0. The van der Waals surface area contributed by atoms with Crippen LogP contribution >= 0.6 is 0 Å². The van der Waals surface area contributed by atoms with E-state index in [-0.39, 0.29) is 6.04 Å². The van der Waals surface area contributed by atoms with Crippen LogP contribution in [0.15, 0.2) is 48.5 Å². The van der Waals surface area contributed by atoms with Gasteiger partial charge in [0.1, 0.15) is 12.4 Å². The van der Waals surface area contributed by atoms with Gasteiger partial charge in [-0.25, -0.2) is 0 Å². The summed E-state index contributed by atoms with van der Waals surface area (Å²) >= 11 is 0. The van der Waals surface area contributed by atoms with Gasteiger partial charge in [-0.3, -0.25) is 0 Å². The molecule has 0 aliphatic heterocycles. The van der Waals surface area contributed by atoms with Crippen LogP contribution in [0.4, 0.5) is 5.69 Å². The highest BCUT2D eigenvalue weighted by atomic mass is 16.5. The molecule has 0 aliphatic carbocycles. The van der Waals surface area contributed by atoms with Crippen LogP contribution in [0.3, 0.4) is 0 Å². The second-order valence-electron chi connectivity index (χ2n) is 4.96. The molecule has 0 bridgehead atoms. The Morgan fingerprint density at radius 2 is 1.85 bits per heavy atom. The van der Waals surface area contributed by atoms with Gasteiger partial charge in [0.25, 0.3) is 0 Å². The summed E-state index contributed by atoms with van der Waals surface area (Å²) in [4.78, 5) is 0. The van der Waals surface area contributed by atoms with Crippen LogP contribution in [0.25, 0.3) is 0 Å². The molecule has 0 amide bonds. The minimum absolute atomic E-state index is 0.0275. The number of benzene rings is 2. The Balaban J connectivity index is 2.07. The molecule has 0 heterocycles. The van der Waals surface area contributed by atoms with E-state index in [1.54, 1.807) is 0 Å². The first-order valence-corrected chi connectivity index (χ1v) is 7.02. The molecule has 0 saturated carbocycles. The van der Waals surface area contributed by atoms with Crippen LogP contribution < -0.4 is 16.2 Å². The fraction of sp³-hybridized carbons (Fsp3) is 0.294. The van der Waals surface area contributed by atoms with Crippen LogP contribution in [0.2, 0.25) is 0 Å². The molecule has 1 unspecified atom stereocenters. The summed E-state index contributed by atoms with van der Waals surface area (Å²) in [6, 6.07) is 15.8. The summed E-state index contributed by atoms with van der Waals surface area (Å²) in [5.41, 5.74) is 15.0. The number of anilines is 1. The van der Waals surface area contributed by atoms with Crippen molar-refractivity contribution >= 4 is 5.69 Å². The van der Waals surface area contributed by atoms with Crippen LogP contribution in [0, 0.1) is 0 Å². The number of hydrogen-bond donors (Lipinski definition) is 2. The van der Waals surface area contributed by atoms with E-state index in [1.165, 1.54) is 0 Å². The van der Waals surface area contributed by atoms with Gasteiger partial charge in [0.15, 0.2) is 0 Å². The predicted octanol–water partition coefficient (Wildman–Crippen LogP) is 3.65. The lowest BCUT2D eigenvalue weighted by atomic mass is 10.0. The number of nitrogen functional groups attached to an aromatic ring is 1. The lowest BCUT2D eigenvalue weighted by Crippen LogP contribution is -2.12. The van der Waals surface area contributed by atoms with Crippen molar-refractivity contribution in [2.75, 3.05) is 5.73 Å². The van der Waals surface area contributed by atoms with E-state index in [9.17, 15) is 0 Å². The van der Waals surface area contributed by atoms with Crippen molar-refractivity contribution in [3.05, 3.63) is 59.7 Å². The molecule has 0 spiro atoms. The normalized spacial score (nSPS) is 12.1. The Labute approximate surface area is 120 Å². The van der Waals surface area contributed by atoms with Gasteiger partial charge in [-0.05, 0) is 35.7 Å². The summed E-state index contributed by atoms with van der Waals surface area (Å²) in [6.45, 7) is 2.67. The van der Waals surface area contributed by atoms with E-state index < -0.39 is 0 Å². The zero-order chi connectivity index (χ0) is 14.4. The first kappa shape index (κ1) is 14.4. The number of hydrogen-bond acceptors (Lipinski definition) is 3. The van der Waals surface area contributed by atoms with Crippen molar-refractivity contribution in [1.29, 1.82) is 0 Å². The van der Waals surface area contributed by atoms with E-state index in [2.05, 4.69) is 6.92 Å². The molecule has 3 heteroatoms. The molecular weight excluding hydrogens is 248 g/mol. The number of rotatable bonds is 6. The molecule has 0 aliphatic rings. The standard InChI is InChI=1S/C17H22N2O/c1-2-6-16(18)15-11-14(9-10-17(15)19)20-12-13-7-4-3-5-8-13/h3-5,7-11,16H,2,6,12,18-19H2,1H3. The van der Waals surface area contributed by atoms with Crippen molar-refractivity contribution in [1.82, 2.24) is 0 Å². The largest absolute Gasteiger partial charge is 0.489 e. The SMILES string of the molecule is CCCC(N)c1cc(OCc2ccccc2)ccc1N. The highest BCUT2D eigenvalue weighted by molar-refractivity contribution is 5.52. The van der Waals surface area contributed by atoms with E-state index >= 15 is 0 Å².